The predicted molar refractivity (Wildman–Crippen MR) is 76.3 cm³/mol. The summed E-state index contributed by atoms with van der Waals surface area (Å²) in [5.41, 5.74) is 1.43. The Hall–Kier alpha value is -1.13. The Morgan fingerprint density at radius 1 is 1.21 bits per heavy atom. The molecule has 1 aromatic rings. The van der Waals surface area contributed by atoms with Crippen LogP contribution >= 0.6 is 0 Å². The summed E-state index contributed by atoms with van der Waals surface area (Å²) in [6.07, 6.45) is 1.31. The number of nitrogens with zero attached hydrogens (tertiary/aromatic N) is 2. The minimum atomic E-state index is -0.522. The lowest BCUT2D eigenvalue weighted by Gasteiger charge is -2.48. The number of hydrogen-bond acceptors (Lipinski definition) is 4. The first-order valence-electron chi connectivity index (χ1n) is 6.78. The molecule has 0 unspecified atom stereocenters. The minimum absolute atomic E-state index is 0.176. The largest absolute Gasteiger partial charge is 0.387 e. The van der Waals surface area contributed by atoms with Crippen LogP contribution in [0, 0.1) is 0 Å². The molecule has 1 aromatic heterocycles. The van der Waals surface area contributed by atoms with Gasteiger partial charge >= 0.3 is 0 Å². The molecule has 106 valence electrons. The normalized spacial score (nSPS) is 23.2. The second kappa shape index (κ2) is 4.76. The van der Waals surface area contributed by atoms with Gasteiger partial charge in [-0.1, -0.05) is 0 Å². The highest BCUT2D eigenvalue weighted by Crippen LogP contribution is 2.31. The van der Waals surface area contributed by atoms with Crippen molar-refractivity contribution in [1.29, 1.82) is 0 Å². The van der Waals surface area contributed by atoms with Gasteiger partial charge in [-0.25, -0.2) is 0 Å². The van der Waals surface area contributed by atoms with E-state index in [1.165, 1.54) is 0 Å². The van der Waals surface area contributed by atoms with E-state index in [2.05, 4.69) is 37.6 Å². The van der Waals surface area contributed by atoms with E-state index >= 15 is 0 Å². The minimum Gasteiger partial charge on any atom is -0.387 e. The number of hydrogen-bond donors (Lipinski definition) is 1. The van der Waals surface area contributed by atoms with E-state index in [0.717, 1.165) is 18.8 Å². The van der Waals surface area contributed by atoms with Crippen LogP contribution in [-0.4, -0.2) is 34.4 Å². The van der Waals surface area contributed by atoms with Crippen molar-refractivity contribution >= 4 is 5.69 Å². The molecule has 1 saturated heterocycles. The van der Waals surface area contributed by atoms with Gasteiger partial charge in [-0.2, -0.15) is 0 Å². The maximum absolute atomic E-state index is 9.50. The fraction of sp³-hybridized carbons (Fsp3) is 0.667. The third-order valence-electron chi connectivity index (χ3n) is 3.26. The van der Waals surface area contributed by atoms with Gasteiger partial charge in [0.2, 0.25) is 0 Å². The fourth-order valence-electron chi connectivity index (χ4n) is 2.80. The molecule has 0 aliphatic carbocycles. The second-order valence-corrected chi connectivity index (χ2v) is 6.59. The SMILES string of the molecule is C[C@H](O)c1ccc(N2CC(C)(C)OC(C)(C)C2)cn1. The monoisotopic (exact) mass is 264 g/mol. The second-order valence-electron chi connectivity index (χ2n) is 6.59. The Kier molecular flexibility index (Phi) is 3.58. The van der Waals surface area contributed by atoms with Crippen molar-refractivity contribution in [3.63, 3.8) is 0 Å². The standard InChI is InChI=1S/C15H24N2O2/c1-11(18)13-7-6-12(8-16-13)17-9-14(2,3)19-15(4,5)10-17/h6-8,11,18H,9-10H2,1-5H3/t11-/m0/s1. The number of aromatic nitrogens is 1. The molecule has 1 N–H and O–H groups in total. The Morgan fingerprint density at radius 3 is 2.21 bits per heavy atom. The maximum Gasteiger partial charge on any atom is 0.0931 e. The van der Waals surface area contributed by atoms with Crippen LogP contribution in [0.2, 0.25) is 0 Å². The zero-order valence-electron chi connectivity index (χ0n) is 12.5. The molecule has 0 aromatic carbocycles. The molecule has 0 amide bonds. The predicted octanol–water partition coefficient (Wildman–Crippen LogP) is 2.53. The van der Waals surface area contributed by atoms with Crippen molar-refractivity contribution in [3.8, 4) is 0 Å². The maximum atomic E-state index is 9.50. The summed E-state index contributed by atoms with van der Waals surface area (Å²) in [5.74, 6) is 0. The van der Waals surface area contributed by atoms with E-state index in [4.69, 9.17) is 4.74 Å². The average Bonchev–Trinajstić information content (AvgIpc) is 2.25. The van der Waals surface area contributed by atoms with E-state index in [0.29, 0.717) is 5.69 Å². The van der Waals surface area contributed by atoms with Crippen LogP contribution in [0.4, 0.5) is 5.69 Å². The molecule has 1 aliphatic rings. The first-order chi connectivity index (χ1) is 8.69. The quantitative estimate of drug-likeness (QED) is 0.891. The van der Waals surface area contributed by atoms with Crippen LogP contribution in [-0.2, 0) is 4.74 Å². The highest BCUT2D eigenvalue weighted by molar-refractivity contribution is 5.46. The Balaban J connectivity index is 2.21. The van der Waals surface area contributed by atoms with Crippen molar-refractivity contribution in [2.45, 2.75) is 51.9 Å². The third kappa shape index (κ3) is 3.45. The van der Waals surface area contributed by atoms with Crippen molar-refractivity contribution < 1.29 is 9.84 Å². The first-order valence-corrected chi connectivity index (χ1v) is 6.78. The number of aliphatic hydroxyl groups is 1. The molecule has 1 atom stereocenters. The molecule has 4 nitrogen and oxygen atoms in total. The van der Waals surface area contributed by atoms with Crippen molar-refractivity contribution in [3.05, 3.63) is 24.0 Å². The van der Waals surface area contributed by atoms with Crippen LogP contribution in [0.5, 0.6) is 0 Å². The van der Waals surface area contributed by atoms with E-state index < -0.39 is 6.10 Å². The van der Waals surface area contributed by atoms with E-state index in [-0.39, 0.29) is 11.2 Å². The summed E-state index contributed by atoms with van der Waals surface area (Å²) in [5, 5.41) is 9.50. The van der Waals surface area contributed by atoms with Crippen molar-refractivity contribution in [1.82, 2.24) is 4.98 Å². The number of anilines is 1. The summed E-state index contributed by atoms with van der Waals surface area (Å²) in [7, 11) is 0. The summed E-state index contributed by atoms with van der Waals surface area (Å²) in [6.45, 7) is 11.8. The van der Waals surface area contributed by atoms with Gasteiger partial charge in [-0.3, -0.25) is 4.98 Å². The number of rotatable bonds is 2. The van der Waals surface area contributed by atoms with Gasteiger partial charge in [0.1, 0.15) is 0 Å². The van der Waals surface area contributed by atoms with E-state index in [1.807, 2.05) is 18.3 Å². The highest BCUT2D eigenvalue weighted by Gasteiger charge is 2.38. The molecule has 4 heteroatoms. The smallest absolute Gasteiger partial charge is 0.0931 e. The first kappa shape index (κ1) is 14.3. The van der Waals surface area contributed by atoms with Gasteiger partial charge in [0.25, 0.3) is 0 Å². The lowest BCUT2D eigenvalue weighted by atomic mass is 9.98. The number of ether oxygens (including phenoxy) is 1. The summed E-state index contributed by atoms with van der Waals surface area (Å²) >= 11 is 0. The summed E-state index contributed by atoms with van der Waals surface area (Å²) < 4.78 is 6.07. The van der Waals surface area contributed by atoms with Crippen LogP contribution in [0.25, 0.3) is 0 Å². The summed E-state index contributed by atoms with van der Waals surface area (Å²) in [6, 6.07) is 3.90. The van der Waals surface area contributed by atoms with Gasteiger partial charge in [-0.05, 0) is 46.8 Å². The number of aliphatic hydroxyl groups excluding tert-OH is 1. The molecule has 0 spiro atoms. The highest BCUT2D eigenvalue weighted by atomic mass is 16.5. The van der Waals surface area contributed by atoms with Crippen LogP contribution < -0.4 is 4.90 Å². The molecule has 2 rings (SSSR count). The lowest BCUT2D eigenvalue weighted by molar-refractivity contribution is -0.133. The molecular weight excluding hydrogens is 240 g/mol. The molecule has 0 radical (unpaired) electrons. The van der Waals surface area contributed by atoms with Gasteiger partial charge in [0.15, 0.2) is 0 Å². The summed E-state index contributed by atoms with van der Waals surface area (Å²) in [4.78, 5) is 6.61. The van der Waals surface area contributed by atoms with Crippen molar-refractivity contribution in [2.75, 3.05) is 18.0 Å². The molecular formula is C15H24N2O2. The molecule has 1 aliphatic heterocycles. The number of morpholine rings is 1. The average molecular weight is 264 g/mol. The molecule has 19 heavy (non-hydrogen) atoms. The van der Waals surface area contributed by atoms with Gasteiger partial charge < -0.3 is 14.7 Å². The van der Waals surface area contributed by atoms with Gasteiger partial charge in [-0.15, -0.1) is 0 Å². The van der Waals surface area contributed by atoms with Gasteiger partial charge in [0, 0.05) is 13.1 Å². The Bertz CT molecular complexity index is 422. The number of pyridine rings is 1. The zero-order valence-corrected chi connectivity index (χ0v) is 12.5. The van der Waals surface area contributed by atoms with Gasteiger partial charge in [0.05, 0.1) is 34.9 Å². The molecule has 0 saturated carbocycles. The topological polar surface area (TPSA) is 45.6 Å². The lowest BCUT2D eigenvalue weighted by Crippen LogP contribution is -2.57. The molecule has 1 fully saturated rings. The van der Waals surface area contributed by atoms with Crippen LogP contribution in [0.3, 0.4) is 0 Å². The molecule has 0 bridgehead atoms. The van der Waals surface area contributed by atoms with E-state index in [9.17, 15) is 5.11 Å². The van der Waals surface area contributed by atoms with Crippen LogP contribution in [0.1, 0.15) is 46.4 Å². The molecule has 2 heterocycles. The Labute approximate surface area is 115 Å². The van der Waals surface area contributed by atoms with Crippen molar-refractivity contribution in [2.24, 2.45) is 0 Å². The Morgan fingerprint density at radius 2 is 1.79 bits per heavy atom. The third-order valence-corrected chi connectivity index (χ3v) is 3.26. The fourth-order valence-corrected chi connectivity index (χ4v) is 2.80. The zero-order chi connectivity index (χ0) is 14.3. The van der Waals surface area contributed by atoms with E-state index in [1.54, 1.807) is 6.92 Å². The van der Waals surface area contributed by atoms with Crippen LogP contribution in [0.15, 0.2) is 18.3 Å².